The van der Waals surface area contributed by atoms with E-state index < -0.39 is 10.0 Å². The molecule has 0 saturated heterocycles. The number of halogens is 2. The van der Waals surface area contributed by atoms with Crippen molar-refractivity contribution in [3.8, 4) is 0 Å². The molecule has 2 aromatic rings. The van der Waals surface area contributed by atoms with Gasteiger partial charge in [-0.15, -0.1) is 0 Å². The van der Waals surface area contributed by atoms with Crippen LogP contribution in [0.5, 0.6) is 0 Å². The Balaban J connectivity index is 1.35. The summed E-state index contributed by atoms with van der Waals surface area (Å²) in [5.41, 5.74) is 1.47. The van der Waals surface area contributed by atoms with Crippen molar-refractivity contribution in [2.75, 3.05) is 10.6 Å². The van der Waals surface area contributed by atoms with Crippen molar-refractivity contribution in [3.63, 3.8) is 0 Å². The number of rotatable bonds is 6. The summed E-state index contributed by atoms with van der Waals surface area (Å²) in [6.07, 6.45) is 8.36. The average molecular weight is 507 g/mol. The second-order valence-corrected chi connectivity index (χ2v) is 12.9. The maximum atomic E-state index is 13.1. The normalized spacial score (nSPS) is 28.0. The van der Waals surface area contributed by atoms with Gasteiger partial charge in [0.05, 0.1) is 18.5 Å². The first kappa shape index (κ1) is 23.0. The van der Waals surface area contributed by atoms with Gasteiger partial charge < -0.3 is 5.32 Å². The third-order valence-corrected chi connectivity index (χ3v) is 9.45. The number of carbonyl (C=O) groups excluding carboxylic acids is 1. The van der Waals surface area contributed by atoms with Crippen LogP contribution in [0.2, 0.25) is 10.0 Å². The van der Waals surface area contributed by atoms with E-state index in [1.165, 1.54) is 23.6 Å². The summed E-state index contributed by atoms with van der Waals surface area (Å²) in [6.45, 7) is 0.0101. The molecule has 0 heterocycles. The highest BCUT2D eigenvalue weighted by Gasteiger charge is 2.51. The summed E-state index contributed by atoms with van der Waals surface area (Å²) in [7, 11) is -3.60. The molecule has 6 rings (SSSR count). The largest absolute Gasteiger partial charge is 0.347 e. The summed E-state index contributed by atoms with van der Waals surface area (Å²) >= 11 is 12.5. The van der Waals surface area contributed by atoms with E-state index in [0.717, 1.165) is 43.3 Å². The van der Waals surface area contributed by atoms with Crippen LogP contribution in [0.15, 0.2) is 42.5 Å². The fourth-order valence-corrected chi connectivity index (χ4v) is 7.97. The van der Waals surface area contributed by atoms with Crippen molar-refractivity contribution >= 4 is 44.8 Å². The molecule has 2 aromatic carbocycles. The number of nitrogens with one attached hydrogen (secondary N) is 1. The quantitative estimate of drug-likeness (QED) is 0.549. The third-order valence-electron chi connectivity index (χ3n) is 7.60. The highest BCUT2D eigenvalue weighted by Crippen LogP contribution is 2.55. The number of anilines is 1. The SMILES string of the molecule is CS(=O)(=O)N(Cc1c(Cl)cccc1Cl)c1ccc(C(=O)NC23CC4CC(CC(C4)C2)C3)cc1. The van der Waals surface area contributed by atoms with Gasteiger partial charge in [0, 0.05) is 26.7 Å². The van der Waals surface area contributed by atoms with Crippen LogP contribution in [-0.2, 0) is 16.6 Å². The predicted octanol–water partition coefficient (Wildman–Crippen LogP) is 5.66. The molecule has 0 aromatic heterocycles. The summed E-state index contributed by atoms with van der Waals surface area (Å²) in [6, 6.07) is 11.8. The molecule has 4 aliphatic rings. The Hall–Kier alpha value is -1.76. The molecule has 4 saturated carbocycles. The molecule has 33 heavy (non-hydrogen) atoms. The zero-order valence-corrected chi connectivity index (χ0v) is 20.9. The van der Waals surface area contributed by atoms with Gasteiger partial charge in [0.1, 0.15) is 0 Å². The van der Waals surface area contributed by atoms with Gasteiger partial charge in [-0.1, -0.05) is 29.3 Å². The number of carbonyl (C=O) groups is 1. The minimum atomic E-state index is -3.60. The van der Waals surface area contributed by atoms with Crippen LogP contribution in [-0.4, -0.2) is 26.1 Å². The van der Waals surface area contributed by atoms with E-state index in [1.807, 2.05) is 0 Å². The number of amides is 1. The smallest absolute Gasteiger partial charge is 0.251 e. The van der Waals surface area contributed by atoms with Gasteiger partial charge in [-0.05, 0) is 92.7 Å². The van der Waals surface area contributed by atoms with E-state index in [2.05, 4.69) is 5.32 Å². The highest BCUT2D eigenvalue weighted by atomic mass is 35.5. The van der Waals surface area contributed by atoms with E-state index in [9.17, 15) is 13.2 Å². The monoisotopic (exact) mass is 506 g/mol. The maximum absolute atomic E-state index is 13.1. The van der Waals surface area contributed by atoms with Crippen LogP contribution >= 0.6 is 23.2 Å². The van der Waals surface area contributed by atoms with Crippen LogP contribution in [0, 0.1) is 17.8 Å². The maximum Gasteiger partial charge on any atom is 0.251 e. The van der Waals surface area contributed by atoms with Gasteiger partial charge in [0.15, 0.2) is 0 Å². The first-order valence-corrected chi connectivity index (χ1v) is 14.1. The van der Waals surface area contributed by atoms with Crippen molar-refractivity contribution in [2.24, 2.45) is 17.8 Å². The van der Waals surface area contributed by atoms with Crippen molar-refractivity contribution < 1.29 is 13.2 Å². The minimum Gasteiger partial charge on any atom is -0.347 e. The summed E-state index contributed by atoms with van der Waals surface area (Å²) in [5.74, 6) is 2.17. The van der Waals surface area contributed by atoms with E-state index in [1.54, 1.807) is 42.5 Å². The lowest BCUT2D eigenvalue weighted by atomic mass is 9.53. The highest BCUT2D eigenvalue weighted by molar-refractivity contribution is 7.92. The van der Waals surface area contributed by atoms with Gasteiger partial charge >= 0.3 is 0 Å². The van der Waals surface area contributed by atoms with Crippen molar-refractivity contribution in [3.05, 3.63) is 63.6 Å². The lowest BCUT2D eigenvalue weighted by Crippen LogP contribution is -2.59. The second-order valence-electron chi connectivity index (χ2n) is 10.2. The van der Waals surface area contributed by atoms with Crippen molar-refractivity contribution in [2.45, 2.75) is 50.6 Å². The lowest BCUT2D eigenvalue weighted by Gasteiger charge is -2.56. The molecule has 4 aliphatic carbocycles. The Labute approximate surface area is 205 Å². The summed E-state index contributed by atoms with van der Waals surface area (Å²) in [4.78, 5) is 13.1. The first-order chi connectivity index (χ1) is 15.6. The fraction of sp³-hybridized carbons (Fsp3) is 0.480. The average Bonchev–Trinajstić information content (AvgIpc) is 2.71. The van der Waals surface area contributed by atoms with Crippen molar-refractivity contribution in [1.29, 1.82) is 0 Å². The van der Waals surface area contributed by atoms with Gasteiger partial charge in [0.25, 0.3) is 5.91 Å². The molecular formula is C25H28Cl2N2O3S. The summed E-state index contributed by atoms with van der Waals surface area (Å²) < 4.78 is 26.4. The van der Waals surface area contributed by atoms with Crippen molar-refractivity contribution in [1.82, 2.24) is 5.32 Å². The molecular weight excluding hydrogens is 479 g/mol. The van der Waals surface area contributed by atoms with Crippen LogP contribution in [0.1, 0.15) is 54.4 Å². The Kier molecular flexibility index (Phi) is 5.91. The Morgan fingerprint density at radius 1 is 0.970 bits per heavy atom. The molecule has 0 atom stereocenters. The first-order valence-electron chi connectivity index (χ1n) is 11.4. The second kappa shape index (κ2) is 8.47. The van der Waals surface area contributed by atoms with Crippen LogP contribution in [0.25, 0.3) is 0 Å². The number of hydrogen-bond acceptors (Lipinski definition) is 3. The molecule has 0 aliphatic heterocycles. The van der Waals surface area contributed by atoms with E-state index >= 15 is 0 Å². The molecule has 4 fully saturated rings. The topological polar surface area (TPSA) is 66.5 Å². The van der Waals surface area contributed by atoms with Crippen LogP contribution in [0.4, 0.5) is 5.69 Å². The molecule has 1 N–H and O–H groups in total. The zero-order chi connectivity index (χ0) is 23.4. The number of sulfonamides is 1. The van der Waals surface area contributed by atoms with Gasteiger partial charge in [-0.3, -0.25) is 9.10 Å². The number of benzene rings is 2. The number of nitrogens with zero attached hydrogens (tertiary/aromatic N) is 1. The molecule has 0 radical (unpaired) electrons. The lowest BCUT2D eigenvalue weighted by molar-refractivity contribution is -0.0167. The van der Waals surface area contributed by atoms with E-state index in [4.69, 9.17) is 23.2 Å². The Morgan fingerprint density at radius 2 is 1.48 bits per heavy atom. The van der Waals surface area contributed by atoms with Gasteiger partial charge in [-0.2, -0.15) is 0 Å². The molecule has 5 nitrogen and oxygen atoms in total. The molecule has 4 bridgehead atoms. The van der Waals surface area contributed by atoms with E-state index in [-0.39, 0.29) is 18.0 Å². The van der Waals surface area contributed by atoms with Gasteiger partial charge in [-0.25, -0.2) is 8.42 Å². The number of hydrogen-bond donors (Lipinski definition) is 1. The van der Waals surface area contributed by atoms with Crippen LogP contribution in [0.3, 0.4) is 0 Å². The van der Waals surface area contributed by atoms with Gasteiger partial charge in [0.2, 0.25) is 10.0 Å². The third kappa shape index (κ3) is 4.62. The summed E-state index contributed by atoms with van der Waals surface area (Å²) in [5, 5.41) is 4.18. The molecule has 1 amide bonds. The van der Waals surface area contributed by atoms with E-state index in [0.29, 0.717) is 26.9 Å². The Bertz CT molecular complexity index is 1130. The zero-order valence-electron chi connectivity index (χ0n) is 18.6. The molecule has 8 heteroatoms. The minimum absolute atomic E-state index is 0.0101. The molecule has 0 unspecified atom stereocenters. The Morgan fingerprint density at radius 3 is 1.97 bits per heavy atom. The van der Waals surface area contributed by atoms with Crippen LogP contribution < -0.4 is 9.62 Å². The molecule has 0 spiro atoms. The fourth-order valence-electron chi connectivity index (χ4n) is 6.58. The predicted molar refractivity (Wildman–Crippen MR) is 132 cm³/mol. The molecule has 176 valence electrons. The standard InChI is InChI=1S/C25H28Cl2N2O3S/c1-33(31,32)29(15-21-22(26)3-2-4-23(21)27)20-7-5-19(6-8-20)24(30)28-25-12-16-9-17(13-25)11-18(10-16)14-25/h2-8,16-18H,9-15H2,1H3,(H,28,30).